The Balaban J connectivity index is 2.28. The Morgan fingerprint density at radius 2 is 2.10 bits per heavy atom. The monoisotopic (exact) mass is 289 g/mol. The van der Waals surface area contributed by atoms with E-state index in [1.165, 1.54) is 0 Å². The Kier molecular flexibility index (Phi) is 4.57. The number of nitrogen functional groups attached to an aromatic ring is 1. The lowest BCUT2D eigenvalue weighted by molar-refractivity contribution is 0.140. The maximum absolute atomic E-state index is 6.06. The summed E-state index contributed by atoms with van der Waals surface area (Å²) in [6.07, 6.45) is 0.937. The van der Waals surface area contributed by atoms with Crippen LogP contribution >= 0.6 is 0 Å². The standard InChI is InChI=1S/C15H23N5O/c1-11-5-6-13(16)12(9-11)14-17-18-19-20(14)10-15(2,3)7-8-21-4/h5-6,9H,7-8,10,16H2,1-4H3. The Bertz CT molecular complexity index is 606. The minimum Gasteiger partial charge on any atom is -0.398 e. The van der Waals surface area contributed by atoms with E-state index >= 15 is 0 Å². The van der Waals surface area contributed by atoms with Crippen LogP contribution in [-0.4, -0.2) is 33.9 Å². The maximum atomic E-state index is 6.06. The Morgan fingerprint density at radius 3 is 2.81 bits per heavy atom. The summed E-state index contributed by atoms with van der Waals surface area (Å²) >= 11 is 0. The van der Waals surface area contributed by atoms with E-state index in [0.717, 1.165) is 24.2 Å². The molecule has 2 N–H and O–H groups in total. The van der Waals surface area contributed by atoms with Gasteiger partial charge in [0.2, 0.25) is 0 Å². The predicted molar refractivity (Wildman–Crippen MR) is 82.7 cm³/mol. The molecule has 1 aromatic heterocycles. The molecule has 0 aliphatic carbocycles. The number of tetrazole rings is 1. The number of nitrogens with two attached hydrogens (primary N) is 1. The largest absolute Gasteiger partial charge is 0.398 e. The number of rotatable bonds is 6. The first-order valence-electron chi connectivity index (χ1n) is 7.04. The average molecular weight is 289 g/mol. The highest BCUT2D eigenvalue weighted by atomic mass is 16.5. The smallest absolute Gasteiger partial charge is 0.184 e. The van der Waals surface area contributed by atoms with Gasteiger partial charge >= 0.3 is 0 Å². The number of aryl methyl sites for hydroxylation is 1. The highest BCUT2D eigenvalue weighted by Gasteiger charge is 2.22. The molecule has 0 fully saturated rings. The van der Waals surface area contributed by atoms with Crippen LogP contribution in [0.1, 0.15) is 25.8 Å². The van der Waals surface area contributed by atoms with Crippen molar-refractivity contribution in [3.05, 3.63) is 23.8 Å². The number of ether oxygens (including phenoxy) is 1. The summed E-state index contributed by atoms with van der Waals surface area (Å²) in [6, 6.07) is 5.88. The molecule has 2 aromatic rings. The molecule has 1 heterocycles. The highest BCUT2D eigenvalue weighted by molar-refractivity contribution is 5.72. The van der Waals surface area contributed by atoms with Crippen molar-refractivity contribution in [2.24, 2.45) is 5.41 Å². The van der Waals surface area contributed by atoms with Gasteiger partial charge in [0.1, 0.15) is 0 Å². The topological polar surface area (TPSA) is 78.8 Å². The van der Waals surface area contributed by atoms with Crippen molar-refractivity contribution in [3.63, 3.8) is 0 Å². The van der Waals surface area contributed by atoms with Gasteiger partial charge in [-0.25, -0.2) is 4.68 Å². The van der Waals surface area contributed by atoms with Gasteiger partial charge in [-0.05, 0) is 41.3 Å². The summed E-state index contributed by atoms with van der Waals surface area (Å²) in [5.74, 6) is 0.710. The van der Waals surface area contributed by atoms with Crippen LogP contribution in [0, 0.1) is 12.3 Å². The van der Waals surface area contributed by atoms with Crippen LogP contribution in [0.15, 0.2) is 18.2 Å². The van der Waals surface area contributed by atoms with E-state index in [0.29, 0.717) is 18.1 Å². The van der Waals surface area contributed by atoms with E-state index in [1.54, 1.807) is 7.11 Å². The van der Waals surface area contributed by atoms with Crippen molar-refractivity contribution in [2.75, 3.05) is 19.5 Å². The lowest BCUT2D eigenvalue weighted by Crippen LogP contribution is -2.23. The molecule has 0 spiro atoms. The fourth-order valence-electron chi connectivity index (χ4n) is 2.23. The average Bonchev–Trinajstić information content (AvgIpc) is 2.86. The van der Waals surface area contributed by atoms with Gasteiger partial charge < -0.3 is 10.5 Å². The predicted octanol–water partition coefficient (Wildman–Crippen LogP) is 2.29. The molecule has 21 heavy (non-hydrogen) atoms. The highest BCUT2D eigenvalue weighted by Crippen LogP contribution is 2.28. The second-order valence-electron chi connectivity index (χ2n) is 6.16. The van der Waals surface area contributed by atoms with Crippen LogP contribution in [-0.2, 0) is 11.3 Å². The second-order valence-corrected chi connectivity index (χ2v) is 6.16. The normalized spacial score (nSPS) is 11.8. The van der Waals surface area contributed by atoms with Crippen molar-refractivity contribution >= 4 is 5.69 Å². The minimum absolute atomic E-state index is 0.0404. The summed E-state index contributed by atoms with van der Waals surface area (Å²) in [7, 11) is 1.71. The molecule has 6 nitrogen and oxygen atoms in total. The molecule has 0 bridgehead atoms. The zero-order valence-electron chi connectivity index (χ0n) is 13.1. The van der Waals surface area contributed by atoms with Crippen LogP contribution < -0.4 is 5.73 Å². The van der Waals surface area contributed by atoms with Gasteiger partial charge in [-0.15, -0.1) is 5.10 Å². The summed E-state index contributed by atoms with van der Waals surface area (Å²) in [5.41, 5.74) is 8.80. The number of hydrogen-bond donors (Lipinski definition) is 1. The molecule has 0 aliphatic heterocycles. The molecule has 0 amide bonds. The van der Waals surface area contributed by atoms with Crippen LogP contribution in [0.2, 0.25) is 0 Å². The van der Waals surface area contributed by atoms with Gasteiger partial charge in [0, 0.05) is 25.0 Å². The van der Waals surface area contributed by atoms with Gasteiger partial charge in [-0.2, -0.15) is 0 Å². The van der Waals surface area contributed by atoms with E-state index in [1.807, 2.05) is 29.8 Å². The lowest BCUT2D eigenvalue weighted by atomic mass is 9.89. The number of methoxy groups -OCH3 is 1. The van der Waals surface area contributed by atoms with Crippen molar-refractivity contribution in [3.8, 4) is 11.4 Å². The summed E-state index contributed by atoms with van der Waals surface area (Å²) in [4.78, 5) is 0. The zero-order valence-corrected chi connectivity index (χ0v) is 13.1. The van der Waals surface area contributed by atoms with Gasteiger partial charge in [0.25, 0.3) is 0 Å². The Hall–Kier alpha value is -1.95. The van der Waals surface area contributed by atoms with Crippen LogP contribution in [0.5, 0.6) is 0 Å². The third kappa shape index (κ3) is 3.78. The third-order valence-electron chi connectivity index (χ3n) is 3.54. The SMILES string of the molecule is COCCC(C)(C)Cn1nnnc1-c1cc(C)ccc1N. The minimum atomic E-state index is 0.0404. The number of anilines is 1. The first-order chi connectivity index (χ1) is 9.93. The fourth-order valence-corrected chi connectivity index (χ4v) is 2.23. The molecule has 2 rings (SSSR count). The lowest BCUT2D eigenvalue weighted by Gasteiger charge is -2.24. The first kappa shape index (κ1) is 15.4. The number of hydrogen-bond acceptors (Lipinski definition) is 5. The van der Waals surface area contributed by atoms with Gasteiger partial charge in [0.05, 0.1) is 6.54 Å². The third-order valence-corrected chi connectivity index (χ3v) is 3.54. The molecule has 0 aliphatic rings. The Morgan fingerprint density at radius 1 is 1.33 bits per heavy atom. The summed E-state index contributed by atoms with van der Waals surface area (Å²) < 4.78 is 6.99. The number of aromatic nitrogens is 4. The molecule has 0 atom stereocenters. The van der Waals surface area contributed by atoms with Crippen molar-refractivity contribution < 1.29 is 4.74 Å². The van der Waals surface area contributed by atoms with Gasteiger partial charge in [-0.3, -0.25) is 0 Å². The van der Waals surface area contributed by atoms with E-state index < -0.39 is 0 Å². The molecule has 0 saturated heterocycles. The maximum Gasteiger partial charge on any atom is 0.184 e. The van der Waals surface area contributed by atoms with Crippen molar-refractivity contribution in [2.45, 2.75) is 33.7 Å². The molecule has 6 heteroatoms. The van der Waals surface area contributed by atoms with Crippen molar-refractivity contribution in [1.29, 1.82) is 0 Å². The van der Waals surface area contributed by atoms with E-state index in [9.17, 15) is 0 Å². The van der Waals surface area contributed by atoms with Crippen molar-refractivity contribution in [1.82, 2.24) is 20.2 Å². The quantitative estimate of drug-likeness (QED) is 0.825. The molecule has 0 radical (unpaired) electrons. The summed E-state index contributed by atoms with van der Waals surface area (Å²) in [5, 5.41) is 12.1. The van der Waals surface area contributed by atoms with Crippen LogP contribution in [0.4, 0.5) is 5.69 Å². The van der Waals surface area contributed by atoms with E-state index in [2.05, 4.69) is 29.4 Å². The molecule has 1 aromatic carbocycles. The van der Waals surface area contributed by atoms with Crippen LogP contribution in [0.3, 0.4) is 0 Å². The Labute approximate surface area is 125 Å². The number of benzene rings is 1. The van der Waals surface area contributed by atoms with Crippen LogP contribution in [0.25, 0.3) is 11.4 Å². The number of nitrogens with zero attached hydrogens (tertiary/aromatic N) is 4. The second kappa shape index (κ2) is 6.22. The fraction of sp³-hybridized carbons (Fsp3) is 0.533. The molecule has 0 unspecified atom stereocenters. The molecular formula is C15H23N5O. The van der Waals surface area contributed by atoms with Gasteiger partial charge in [-0.1, -0.05) is 25.5 Å². The van der Waals surface area contributed by atoms with Gasteiger partial charge in [0.15, 0.2) is 5.82 Å². The molecular weight excluding hydrogens is 266 g/mol. The first-order valence-corrected chi connectivity index (χ1v) is 7.04. The molecule has 114 valence electrons. The van der Waals surface area contributed by atoms with E-state index in [4.69, 9.17) is 10.5 Å². The van der Waals surface area contributed by atoms with E-state index in [-0.39, 0.29) is 5.41 Å². The summed E-state index contributed by atoms with van der Waals surface area (Å²) in [6.45, 7) is 7.82. The zero-order chi connectivity index (χ0) is 15.5. The molecule has 0 saturated carbocycles.